The molecule has 0 amide bonds. The first-order valence-electron chi connectivity index (χ1n) is 11.9. The van der Waals surface area contributed by atoms with Crippen molar-refractivity contribution in [2.24, 2.45) is 0 Å². The maximum atomic E-state index is 6.59. The molecule has 0 spiro atoms. The highest BCUT2D eigenvalue weighted by atomic mass is 16.5. The second-order valence-electron chi connectivity index (χ2n) is 9.03. The van der Waals surface area contributed by atoms with Gasteiger partial charge in [-0.25, -0.2) is 0 Å². The van der Waals surface area contributed by atoms with E-state index in [1.807, 2.05) is 30.3 Å². The molecule has 1 aliphatic carbocycles. The standard InChI is InChI=1S/C30H28O5/c1-31-20-7-4-6-18(14-20)22-8-5-9-26-30(22)24-17-27-19(15-29(24)35-26)10-13-25(34-27)23-12-11-21(32-2)16-28(23)33-3/h4-9,11-12,14-17,24-25,29H,10,13H2,1-3H3/t24?,25-,29?/m1/s1. The van der Waals surface area contributed by atoms with Crippen LogP contribution in [0.15, 0.2) is 84.1 Å². The second-order valence-corrected chi connectivity index (χ2v) is 9.03. The first-order valence-corrected chi connectivity index (χ1v) is 11.9. The van der Waals surface area contributed by atoms with E-state index >= 15 is 0 Å². The van der Waals surface area contributed by atoms with Crippen LogP contribution in [-0.2, 0) is 4.74 Å². The number of allylic oxidation sites excluding steroid dienone is 1. The fourth-order valence-electron chi connectivity index (χ4n) is 5.41. The minimum absolute atomic E-state index is 0.0221. The Morgan fingerprint density at radius 3 is 2.46 bits per heavy atom. The average Bonchev–Trinajstić information content (AvgIpc) is 3.28. The average molecular weight is 469 g/mol. The van der Waals surface area contributed by atoms with Gasteiger partial charge in [0.1, 0.15) is 41.0 Å². The highest BCUT2D eigenvalue weighted by molar-refractivity contribution is 5.74. The Labute approximate surface area is 205 Å². The van der Waals surface area contributed by atoms with Crippen LogP contribution in [0.4, 0.5) is 0 Å². The van der Waals surface area contributed by atoms with Gasteiger partial charge in [0.05, 0.1) is 27.2 Å². The molecule has 178 valence electrons. The molecule has 1 fully saturated rings. The van der Waals surface area contributed by atoms with Crippen LogP contribution in [-0.4, -0.2) is 27.4 Å². The highest BCUT2D eigenvalue weighted by Crippen LogP contribution is 2.51. The fraction of sp³-hybridized carbons (Fsp3) is 0.267. The molecule has 3 aromatic carbocycles. The summed E-state index contributed by atoms with van der Waals surface area (Å²) in [5.74, 6) is 4.35. The van der Waals surface area contributed by atoms with Crippen LogP contribution in [0.1, 0.15) is 36.0 Å². The third-order valence-corrected chi connectivity index (χ3v) is 7.14. The van der Waals surface area contributed by atoms with Gasteiger partial charge >= 0.3 is 0 Å². The lowest BCUT2D eigenvalue weighted by Crippen LogP contribution is -2.24. The van der Waals surface area contributed by atoms with E-state index in [4.69, 9.17) is 23.7 Å². The maximum absolute atomic E-state index is 6.59. The van der Waals surface area contributed by atoms with Crippen LogP contribution in [0, 0.1) is 0 Å². The molecule has 3 aliphatic rings. The van der Waals surface area contributed by atoms with Crippen molar-refractivity contribution in [1.82, 2.24) is 0 Å². The fourth-order valence-corrected chi connectivity index (χ4v) is 5.41. The van der Waals surface area contributed by atoms with Gasteiger partial charge in [0.15, 0.2) is 0 Å². The molecule has 0 aromatic heterocycles. The molecule has 0 N–H and O–H groups in total. The molecule has 2 heterocycles. The summed E-state index contributed by atoms with van der Waals surface area (Å²) >= 11 is 0. The summed E-state index contributed by atoms with van der Waals surface area (Å²) in [6.07, 6.45) is 6.20. The Bertz CT molecular complexity index is 1340. The Morgan fingerprint density at radius 2 is 1.63 bits per heavy atom. The number of ether oxygens (including phenoxy) is 5. The van der Waals surface area contributed by atoms with Crippen molar-refractivity contribution < 1.29 is 23.7 Å². The number of fused-ring (bicyclic) bond motifs is 4. The molecular formula is C30H28O5. The minimum Gasteiger partial charge on any atom is -0.497 e. The molecule has 6 rings (SSSR count). The zero-order chi connectivity index (χ0) is 23.9. The number of benzene rings is 3. The molecule has 35 heavy (non-hydrogen) atoms. The normalized spacial score (nSPS) is 21.9. The monoisotopic (exact) mass is 468 g/mol. The van der Waals surface area contributed by atoms with Crippen LogP contribution in [0.3, 0.4) is 0 Å². The van der Waals surface area contributed by atoms with Gasteiger partial charge in [-0.3, -0.25) is 0 Å². The molecule has 1 saturated heterocycles. The molecule has 0 saturated carbocycles. The lowest BCUT2D eigenvalue weighted by Gasteiger charge is -2.33. The third kappa shape index (κ3) is 3.72. The first kappa shape index (κ1) is 21.7. The quantitative estimate of drug-likeness (QED) is 0.422. The molecule has 2 aliphatic heterocycles. The molecule has 2 unspecified atom stereocenters. The highest BCUT2D eigenvalue weighted by Gasteiger charge is 2.39. The summed E-state index contributed by atoms with van der Waals surface area (Å²) in [5, 5.41) is 0. The maximum Gasteiger partial charge on any atom is 0.129 e. The van der Waals surface area contributed by atoms with E-state index < -0.39 is 0 Å². The van der Waals surface area contributed by atoms with Crippen LogP contribution >= 0.6 is 0 Å². The van der Waals surface area contributed by atoms with Crippen LogP contribution < -0.4 is 18.9 Å². The summed E-state index contributed by atoms with van der Waals surface area (Å²) in [6, 6.07) is 20.4. The Morgan fingerprint density at radius 1 is 0.800 bits per heavy atom. The molecule has 0 radical (unpaired) electrons. The van der Waals surface area contributed by atoms with E-state index in [-0.39, 0.29) is 18.1 Å². The van der Waals surface area contributed by atoms with Crippen LogP contribution in [0.5, 0.6) is 23.0 Å². The van der Waals surface area contributed by atoms with Gasteiger partial charge in [0.25, 0.3) is 0 Å². The largest absolute Gasteiger partial charge is 0.497 e. The number of rotatable bonds is 5. The third-order valence-electron chi connectivity index (χ3n) is 7.14. The summed E-state index contributed by atoms with van der Waals surface area (Å²) in [4.78, 5) is 0. The van der Waals surface area contributed by atoms with Crippen molar-refractivity contribution in [2.75, 3.05) is 21.3 Å². The van der Waals surface area contributed by atoms with Gasteiger partial charge in [-0.1, -0.05) is 24.3 Å². The molecular weight excluding hydrogens is 440 g/mol. The van der Waals surface area contributed by atoms with Crippen molar-refractivity contribution in [3.8, 4) is 34.1 Å². The van der Waals surface area contributed by atoms with Gasteiger partial charge in [-0.2, -0.15) is 0 Å². The van der Waals surface area contributed by atoms with E-state index in [0.717, 1.165) is 58.3 Å². The van der Waals surface area contributed by atoms with E-state index in [9.17, 15) is 0 Å². The van der Waals surface area contributed by atoms with Crippen molar-refractivity contribution in [1.29, 1.82) is 0 Å². The van der Waals surface area contributed by atoms with Gasteiger partial charge in [0.2, 0.25) is 0 Å². The molecule has 5 nitrogen and oxygen atoms in total. The van der Waals surface area contributed by atoms with Crippen molar-refractivity contribution in [2.45, 2.75) is 31.0 Å². The Balaban J connectivity index is 1.35. The summed E-state index contributed by atoms with van der Waals surface area (Å²) in [6.45, 7) is 0. The van der Waals surface area contributed by atoms with Crippen molar-refractivity contribution >= 4 is 0 Å². The van der Waals surface area contributed by atoms with E-state index in [1.54, 1.807) is 21.3 Å². The smallest absolute Gasteiger partial charge is 0.129 e. The van der Waals surface area contributed by atoms with Gasteiger partial charge < -0.3 is 23.7 Å². The molecule has 3 atom stereocenters. The number of hydrogen-bond acceptors (Lipinski definition) is 5. The molecule has 3 aromatic rings. The van der Waals surface area contributed by atoms with E-state index in [2.05, 4.69) is 42.5 Å². The van der Waals surface area contributed by atoms with Crippen LogP contribution in [0.25, 0.3) is 11.1 Å². The zero-order valence-corrected chi connectivity index (χ0v) is 20.1. The predicted molar refractivity (Wildman–Crippen MR) is 134 cm³/mol. The number of hydrogen-bond donors (Lipinski definition) is 0. The lowest BCUT2D eigenvalue weighted by molar-refractivity contribution is 0.0879. The second kappa shape index (κ2) is 8.73. The lowest BCUT2D eigenvalue weighted by atomic mass is 9.82. The summed E-state index contributed by atoms with van der Waals surface area (Å²) in [7, 11) is 5.04. The Kier molecular flexibility index (Phi) is 5.40. The first-order chi connectivity index (χ1) is 17.2. The molecule has 5 heteroatoms. The van der Waals surface area contributed by atoms with E-state index in [1.165, 1.54) is 11.1 Å². The van der Waals surface area contributed by atoms with Gasteiger partial charge in [-0.05, 0) is 72.0 Å². The molecule has 0 bridgehead atoms. The van der Waals surface area contributed by atoms with Crippen LogP contribution in [0.2, 0.25) is 0 Å². The van der Waals surface area contributed by atoms with Crippen molar-refractivity contribution in [3.63, 3.8) is 0 Å². The SMILES string of the molecule is COc1cccc(-c2cccc3c2C2C=C4O[C@@H](c5ccc(OC)cc5OC)CCC4=CC2O3)c1. The Hall–Kier alpha value is -3.86. The minimum atomic E-state index is -0.0776. The van der Waals surface area contributed by atoms with Gasteiger partial charge in [-0.15, -0.1) is 0 Å². The van der Waals surface area contributed by atoms with Gasteiger partial charge in [0, 0.05) is 17.2 Å². The summed E-state index contributed by atoms with van der Waals surface area (Å²) in [5.41, 5.74) is 5.72. The van der Waals surface area contributed by atoms with Crippen molar-refractivity contribution in [3.05, 3.63) is 95.3 Å². The predicted octanol–water partition coefficient (Wildman–Crippen LogP) is 6.60. The van der Waals surface area contributed by atoms with E-state index in [0.29, 0.717) is 0 Å². The topological polar surface area (TPSA) is 46.2 Å². The number of methoxy groups -OCH3 is 3. The zero-order valence-electron chi connectivity index (χ0n) is 20.1. The summed E-state index contributed by atoms with van der Waals surface area (Å²) < 4.78 is 29.5.